The van der Waals surface area contributed by atoms with Gasteiger partial charge in [-0.25, -0.2) is 0 Å². The van der Waals surface area contributed by atoms with Crippen LogP contribution in [0.1, 0.15) is 18.6 Å². The summed E-state index contributed by atoms with van der Waals surface area (Å²) in [6.07, 6.45) is 6.30. The minimum atomic E-state index is -0.676. The zero-order valence-corrected chi connectivity index (χ0v) is 9.38. The van der Waals surface area contributed by atoms with E-state index in [1.165, 1.54) is 6.92 Å². The van der Waals surface area contributed by atoms with E-state index in [-0.39, 0.29) is 0 Å². The van der Waals surface area contributed by atoms with Crippen LogP contribution in [-0.2, 0) is 9.53 Å². The summed E-state index contributed by atoms with van der Waals surface area (Å²) in [6.45, 7) is 1.33. The van der Waals surface area contributed by atoms with Crippen LogP contribution >= 0.6 is 0 Å². The van der Waals surface area contributed by atoms with Crippen LogP contribution < -0.4 is 0 Å². The van der Waals surface area contributed by atoms with Crippen molar-refractivity contribution in [3.63, 3.8) is 0 Å². The van der Waals surface area contributed by atoms with Gasteiger partial charge in [0.25, 0.3) is 0 Å². The Morgan fingerprint density at radius 2 is 2.24 bits per heavy atom. The van der Waals surface area contributed by atoms with Crippen molar-refractivity contribution in [1.29, 1.82) is 0 Å². The van der Waals surface area contributed by atoms with Gasteiger partial charge in [-0.2, -0.15) is 0 Å². The van der Waals surface area contributed by atoms with Crippen LogP contribution in [0, 0.1) is 12.3 Å². The molecule has 1 unspecified atom stereocenters. The molecule has 0 saturated heterocycles. The highest BCUT2D eigenvalue weighted by atomic mass is 16.5. The van der Waals surface area contributed by atoms with Gasteiger partial charge in [0.15, 0.2) is 6.10 Å². The molecule has 0 N–H and O–H groups in total. The Balaban J connectivity index is 2.41. The molecule has 1 aromatic heterocycles. The molecule has 17 heavy (non-hydrogen) atoms. The van der Waals surface area contributed by atoms with E-state index in [0.717, 1.165) is 10.9 Å². The highest BCUT2D eigenvalue weighted by molar-refractivity contribution is 5.79. The van der Waals surface area contributed by atoms with E-state index in [1.807, 2.05) is 30.3 Å². The van der Waals surface area contributed by atoms with E-state index < -0.39 is 12.1 Å². The molecule has 0 aliphatic carbocycles. The number of nitrogens with zero attached hydrogens (tertiary/aromatic N) is 1. The molecule has 2 aromatic rings. The Bertz CT molecular complexity index is 598. The molecule has 1 heterocycles. The topological polar surface area (TPSA) is 39.2 Å². The van der Waals surface area contributed by atoms with Crippen LogP contribution in [0.3, 0.4) is 0 Å². The van der Waals surface area contributed by atoms with E-state index in [2.05, 4.69) is 10.9 Å². The minimum absolute atomic E-state index is 0.402. The number of benzene rings is 1. The molecule has 0 aliphatic rings. The lowest BCUT2D eigenvalue weighted by Gasteiger charge is -2.11. The number of pyridine rings is 1. The first-order chi connectivity index (χ1) is 8.20. The monoisotopic (exact) mass is 225 g/mol. The highest BCUT2D eigenvalue weighted by Crippen LogP contribution is 2.20. The Labute approximate surface area is 99.4 Å². The maximum atomic E-state index is 10.9. The Morgan fingerprint density at radius 3 is 2.94 bits per heavy atom. The van der Waals surface area contributed by atoms with Gasteiger partial charge in [-0.1, -0.05) is 24.1 Å². The second-order valence-corrected chi connectivity index (χ2v) is 3.62. The number of ether oxygens (including phenoxy) is 1. The number of terminal acetylenes is 1. The minimum Gasteiger partial charge on any atom is -0.444 e. The molecule has 0 saturated carbocycles. The van der Waals surface area contributed by atoms with Gasteiger partial charge < -0.3 is 4.74 Å². The quantitative estimate of drug-likeness (QED) is 0.582. The normalized spacial score (nSPS) is 11.8. The lowest BCUT2D eigenvalue weighted by molar-refractivity contribution is -0.144. The van der Waals surface area contributed by atoms with Crippen molar-refractivity contribution in [2.75, 3.05) is 0 Å². The number of carbonyl (C=O) groups is 1. The first-order valence-electron chi connectivity index (χ1n) is 5.19. The van der Waals surface area contributed by atoms with Crippen molar-refractivity contribution in [3.8, 4) is 12.3 Å². The van der Waals surface area contributed by atoms with E-state index in [4.69, 9.17) is 11.2 Å². The fourth-order valence-electron chi connectivity index (χ4n) is 1.60. The van der Waals surface area contributed by atoms with Gasteiger partial charge in [-0.05, 0) is 12.1 Å². The Kier molecular flexibility index (Phi) is 3.06. The van der Waals surface area contributed by atoms with Crippen molar-refractivity contribution >= 4 is 16.9 Å². The van der Waals surface area contributed by atoms with Gasteiger partial charge in [-0.15, -0.1) is 6.42 Å². The van der Waals surface area contributed by atoms with E-state index in [1.54, 1.807) is 6.20 Å². The number of fused-ring (bicyclic) bond motifs is 1. The third-order valence-corrected chi connectivity index (χ3v) is 2.35. The Hall–Kier alpha value is -2.34. The van der Waals surface area contributed by atoms with Gasteiger partial charge in [0, 0.05) is 24.1 Å². The number of carbonyl (C=O) groups excluding carboxylic acids is 1. The number of hydrogen-bond donors (Lipinski definition) is 0. The smallest absolute Gasteiger partial charge is 0.304 e. The van der Waals surface area contributed by atoms with Crippen molar-refractivity contribution in [2.45, 2.75) is 13.0 Å². The van der Waals surface area contributed by atoms with Gasteiger partial charge in [0.2, 0.25) is 0 Å². The first kappa shape index (κ1) is 11.2. The molecule has 1 atom stereocenters. The van der Waals surface area contributed by atoms with Crippen molar-refractivity contribution in [1.82, 2.24) is 4.98 Å². The highest BCUT2D eigenvalue weighted by Gasteiger charge is 2.12. The third kappa shape index (κ3) is 2.43. The molecular weight excluding hydrogens is 214 g/mol. The SMILES string of the molecule is C#CC(OC(C)=O)c1cnc2ccccc2c1. The summed E-state index contributed by atoms with van der Waals surface area (Å²) in [7, 11) is 0. The average Bonchev–Trinajstić information content (AvgIpc) is 2.35. The molecule has 3 nitrogen and oxygen atoms in total. The number of esters is 1. The summed E-state index contributed by atoms with van der Waals surface area (Å²) >= 11 is 0. The van der Waals surface area contributed by atoms with Crippen molar-refractivity contribution < 1.29 is 9.53 Å². The summed E-state index contributed by atoms with van der Waals surface area (Å²) < 4.78 is 5.02. The fourth-order valence-corrected chi connectivity index (χ4v) is 1.60. The third-order valence-electron chi connectivity index (χ3n) is 2.35. The first-order valence-corrected chi connectivity index (χ1v) is 5.19. The average molecular weight is 225 g/mol. The Morgan fingerprint density at radius 1 is 1.47 bits per heavy atom. The molecule has 1 aromatic carbocycles. The van der Waals surface area contributed by atoms with E-state index >= 15 is 0 Å². The van der Waals surface area contributed by atoms with Gasteiger partial charge >= 0.3 is 5.97 Å². The van der Waals surface area contributed by atoms with Crippen molar-refractivity contribution in [3.05, 3.63) is 42.1 Å². The largest absolute Gasteiger partial charge is 0.444 e. The summed E-state index contributed by atoms with van der Waals surface area (Å²) in [4.78, 5) is 15.2. The lowest BCUT2D eigenvalue weighted by atomic mass is 10.1. The van der Waals surface area contributed by atoms with Crippen LogP contribution in [0.15, 0.2) is 36.5 Å². The lowest BCUT2D eigenvalue weighted by Crippen LogP contribution is -2.06. The van der Waals surface area contributed by atoms with Crippen LogP contribution in [0.25, 0.3) is 10.9 Å². The predicted molar refractivity (Wildman–Crippen MR) is 65.1 cm³/mol. The van der Waals surface area contributed by atoms with Gasteiger partial charge in [-0.3, -0.25) is 9.78 Å². The molecule has 0 spiro atoms. The summed E-state index contributed by atoms with van der Waals surface area (Å²) in [5.41, 5.74) is 1.59. The molecule has 0 amide bonds. The molecule has 0 fully saturated rings. The zero-order valence-electron chi connectivity index (χ0n) is 9.38. The standard InChI is InChI=1S/C14H11NO2/c1-3-14(17-10(2)16)12-8-11-6-4-5-7-13(11)15-9-12/h1,4-9,14H,2H3. The van der Waals surface area contributed by atoms with Crippen LogP contribution in [0.5, 0.6) is 0 Å². The molecule has 0 bridgehead atoms. The summed E-state index contributed by atoms with van der Waals surface area (Å²) in [6, 6.07) is 9.57. The molecular formula is C14H11NO2. The van der Waals surface area contributed by atoms with Crippen LogP contribution in [0.4, 0.5) is 0 Å². The summed E-state index contributed by atoms with van der Waals surface area (Å²) in [5.74, 6) is 2.03. The number of aromatic nitrogens is 1. The molecule has 0 radical (unpaired) electrons. The second kappa shape index (κ2) is 4.67. The number of rotatable bonds is 2. The molecule has 84 valence electrons. The molecule has 0 aliphatic heterocycles. The van der Waals surface area contributed by atoms with Crippen molar-refractivity contribution in [2.24, 2.45) is 0 Å². The number of para-hydroxylation sites is 1. The van der Waals surface area contributed by atoms with Crippen LogP contribution in [-0.4, -0.2) is 11.0 Å². The predicted octanol–water partition coefficient (Wildman–Crippen LogP) is 2.47. The molecule has 2 rings (SSSR count). The molecule has 3 heteroatoms. The zero-order chi connectivity index (χ0) is 12.3. The maximum absolute atomic E-state index is 10.9. The number of hydrogen-bond acceptors (Lipinski definition) is 3. The fraction of sp³-hybridized carbons (Fsp3) is 0.143. The maximum Gasteiger partial charge on any atom is 0.304 e. The second-order valence-electron chi connectivity index (χ2n) is 3.62. The van der Waals surface area contributed by atoms with Gasteiger partial charge in [0.05, 0.1) is 5.52 Å². The van der Waals surface area contributed by atoms with Crippen LogP contribution in [0.2, 0.25) is 0 Å². The van der Waals surface area contributed by atoms with Gasteiger partial charge in [0.1, 0.15) is 0 Å². The van der Waals surface area contributed by atoms with E-state index in [9.17, 15) is 4.79 Å². The summed E-state index contributed by atoms with van der Waals surface area (Å²) in [5, 5.41) is 0.970. The van der Waals surface area contributed by atoms with E-state index in [0.29, 0.717) is 5.56 Å².